The van der Waals surface area contributed by atoms with Gasteiger partial charge in [-0.1, -0.05) is 30.0 Å². The van der Waals surface area contributed by atoms with Crippen LogP contribution in [0.1, 0.15) is 31.2 Å². The number of likely N-dealkylation sites (tertiary alicyclic amines) is 1. The first-order valence-electron chi connectivity index (χ1n) is 8.16. The fraction of sp³-hybridized carbons (Fsp3) is 0.588. The van der Waals surface area contributed by atoms with E-state index in [-0.39, 0.29) is 0 Å². The van der Waals surface area contributed by atoms with Gasteiger partial charge in [0.1, 0.15) is 0 Å². The molecule has 4 heteroatoms. The van der Waals surface area contributed by atoms with Crippen LogP contribution in [0.5, 0.6) is 0 Å². The lowest BCUT2D eigenvalue weighted by Gasteiger charge is -2.14. The Morgan fingerprint density at radius 1 is 1.14 bits per heavy atom. The Balaban J connectivity index is 1.38. The number of para-hydroxylation sites is 1. The van der Waals surface area contributed by atoms with E-state index < -0.39 is 0 Å². The zero-order valence-electron chi connectivity index (χ0n) is 12.7. The fourth-order valence-corrected chi connectivity index (χ4v) is 3.89. The predicted octanol–water partition coefficient (Wildman–Crippen LogP) is 3.62. The van der Waals surface area contributed by atoms with E-state index in [0.717, 1.165) is 18.1 Å². The molecule has 21 heavy (non-hydrogen) atoms. The van der Waals surface area contributed by atoms with Gasteiger partial charge in [-0.25, -0.2) is 0 Å². The Labute approximate surface area is 132 Å². The van der Waals surface area contributed by atoms with Gasteiger partial charge in [-0.15, -0.1) is 0 Å². The van der Waals surface area contributed by atoms with Crippen molar-refractivity contribution in [3.05, 3.63) is 29.8 Å². The minimum atomic E-state index is 0.903. The van der Waals surface area contributed by atoms with Gasteiger partial charge in [0, 0.05) is 18.0 Å². The van der Waals surface area contributed by atoms with E-state index in [2.05, 4.69) is 39.5 Å². The molecule has 0 unspecified atom stereocenters. The second-order valence-electron chi connectivity index (χ2n) is 5.82. The van der Waals surface area contributed by atoms with E-state index in [1.54, 1.807) is 0 Å². The number of nitrogens with one attached hydrogen (secondary N) is 1. The van der Waals surface area contributed by atoms with Gasteiger partial charge in [0.05, 0.1) is 0 Å². The molecule has 3 nitrogen and oxygen atoms in total. The zero-order valence-corrected chi connectivity index (χ0v) is 13.5. The van der Waals surface area contributed by atoms with Crippen molar-refractivity contribution in [1.29, 1.82) is 0 Å². The highest BCUT2D eigenvalue weighted by Gasteiger charge is 2.11. The summed E-state index contributed by atoms with van der Waals surface area (Å²) in [4.78, 5) is 7.27. The molecule has 2 heterocycles. The second-order valence-corrected chi connectivity index (χ2v) is 6.91. The van der Waals surface area contributed by atoms with E-state index in [1.807, 2.05) is 11.8 Å². The van der Waals surface area contributed by atoms with Crippen molar-refractivity contribution >= 4 is 22.6 Å². The number of thioether (sulfide) groups is 1. The second kappa shape index (κ2) is 7.85. The van der Waals surface area contributed by atoms with Gasteiger partial charge < -0.3 is 10.2 Å². The van der Waals surface area contributed by atoms with Gasteiger partial charge in [0.2, 0.25) is 0 Å². The summed E-state index contributed by atoms with van der Waals surface area (Å²) in [5.74, 6) is 1.17. The first-order chi connectivity index (χ1) is 10.4. The Bertz CT molecular complexity index is 481. The molecule has 114 valence electrons. The van der Waals surface area contributed by atoms with E-state index in [0.29, 0.717) is 0 Å². The fourth-order valence-electron chi connectivity index (χ4n) is 2.99. The van der Waals surface area contributed by atoms with E-state index in [9.17, 15) is 0 Å². The Morgan fingerprint density at radius 3 is 2.90 bits per heavy atom. The summed E-state index contributed by atoms with van der Waals surface area (Å²) in [7, 11) is 0. The average molecular weight is 303 g/mol. The van der Waals surface area contributed by atoms with Gasteiger partial charge in [-0.2, -0.15) is 0 Å². The van der Waals surface area contributed by atoms with Gasteiger partial charge in [0.15, 0.2) is 5.17 Å². The highest BCUT2D eigenvalue weighted by Crippen LogP contribution is 2.21. The Morgan fingerprint density at radius 2 is 2.00 bits per heavy atom. The summed E-state index contributed by atoms with van der Waals surface area (Å²) in [6, 6.07) is 8.55. The lowest BCUT2D eigenvalue weighted by atomic mass is 10.1. The lowest BCUT2D eigenvalue weighted by Crippen LogP contribution is -2.20. The molecule has 0 amide bonds. The number of fused-ring (bicyclic) bond motifs is 1. The van der Waals surface area contributed by atoms with Crippen LogP contribution in [0, 0.1) is 0 Å². The molecule has 2 aliphatic heterocycles. The van der Waals surface area contributed by atoms with Crippen LogP contribution in [-0.4, -0.2) is 42.0 Å². The minimum Gasteiger partial charge on any atom is -0.335 e. The maximum atomic E-state index is 4.67. The summed E-state index contributed by atoms with van der Waals surface area (Å²) in [5.41, 5.74) is 2.62. The van der Waals surface area contributed by atoms with Crippen LogP contribution in [0.15, 0.2) is 29.3 Å². The third-order valence-electron chi connectivity index (χ3n) is 4.20. The Hall–Kier alpha value is -1.00. The van der Waals surface area contributed by atoms with Crippen molar-refractivity contribution in [2.24, 2.45) is 4.99 Å². The molecule has 3 rings (SSSR count). The molecule has 0 atom stereocenters. The van der Waals surface area contributed by atoms with Crippen molar-refractivity contribution in [1.82, 2.24) is 4.90 Å². The minimum absolute atomic E-state index is 0.903. The maximum absolute atomic E-state index is 4.67. The number of hydrogen-bond acceptors (Lipinski definition) is 4. The third-order valence-corrected chi connectivity index (χ3v) is 5.20. The van der Waals surface area contributed by atoms with Crippen molar-refractivity contribution < 1.29 is 0 Å². The molecule has 0 bridgehead atoms. The SMILES string of the molecule is c1ccc2c(c1)CCN=C(SCCCCN1CCCC1)N2. The van der Waals surface area contributed by atoms with Gasteiger partial charge in [-0.3, -0.25) is 4.99 Å². The monoisotopic (exact) mass is 303 g/mol. The molecule has 0 spiro atoms. The van der Waals surface area contributed by atoms with Crippen molar-refractivity contribution in [3.8, 4) is 0 Å². The first-order valence-corrected chi connectivity index (χ1v) is 9.15. The molecule has 2 aliphatic rings. The molecule has 0 radical (unpaired) electrons. The largest absolute Gasteiger partial charge is 0.335 e. The van der Waals surface area contributed by atoms with Crippen molar-refractivity contribution in [3.63, 3.8) is 0 Å². The van der Waals surface area contributed by atoms with Gasteiger partial charge in [-0.05, 0) is 63.4 Å². The molecular weight excluding hydrogens is 278 g/mol. The molecule has 1 aromatic carbocycles. The highest BCUT2D eigenvalue weighted by molar-refractivity contribution is 8.14. The molecule has 1 aromatic rings. The molecule has 0 aromatic heterocycles. The lowest BCUT2D eigenvalue weighted by molar-refractivity contribution is 0.333. The van der Waals surface area contributed by atoms with Gasteiger partial charge >= 0.3 is 0 Å². The van der Waals surface area contributed by atoms with Crippen LogP contribution in [0.2, 0.25) is 0 Å². The van der Waals surface area contributed by atoms with E-state index >= 15 is 0 Å². The van der Waals surface area contributed by atoms with E-state index in [1.165, 1.54) is 62.3 Å². The zero-order chi connectivity index (χ0) is 14.3. The summed E-state index contributed by atoms with van der Waals surface area (Å²) < 4.78 is 0. The number of rotatable bonds is 5. The number of amidine groups is 1. The summed E-state index contributed by atoms with van der Waals surface area (Å²) >= 11 is 1.88. The normalized spacial score (nSPS) is 18.8. The smallest absolute Gasteiger partial charge is 0.161 e. The summed E-state index contributed by atoms with van der Waals surface area (Å²) in [6.45, 7) is 4.82. The highest BCUT2D eigenvalue weighted by atomic mass is 32.2. The van der Waals surface area contributed by atoms with Crippen LogP contribution in [0.3, 0.4) is 0 Å². The van der Waals surface area contributed by atoms with Crippen LogP contribution < -0.4 is 5.32 Å². The van der Waals surface area contributed by atoms with Crippen LogP contribution in [-0.2, 0) is 6.42 Å². The third kappa shape index (κ3) is 4.48. The molecule has 1 N–H and O–H groups in total. The molecular formula is C17H25N3S. The summed E-state index contributed by atoms with van der Waals surface area (Å²) in [5, 5.41) is 4.59. The predicted molar refractivity (Wildman–Crippen MR) is 93.4 cm³/mol. The van der Waals surface area contributed by atoms with Crippen molar-refractivity contribution in [2.75, 3.05) is 37.2 Å². The molecule has 1 saturated heterocycles. The standard InChI is InChI=1S/C17H25N3S/c1-2-8-16-15(7-1)9-10-18-17(19-16)21-14-6-5-13-20-11-3-4-12-20/h1-2,7-8H,3-6,9-14H2,(H,18,19). The number of anilines is 1. The number of unbranched alkanes of at least 4 members (excludes halogenated alkanes) is 1. The topological polar surface area (TPSA) is 27.6 Å². The van der Waals surface area contributed by atoms with Crippen molar-refractivity contribution in [2.45, 2.75) is 32.1 Å². The number of aliphatic imine (C=N–C) groups is 1. The average Bonchev–Trinajstić information content (AvgIpc) is 2.93. The maximum Gasteiger partial charge on any atom is 0.161 e. The van der Waals surface area contributed by atoms with Crippen LogP contribution in [0.25, 0.3) is 0 Å². The van der Waals surface area contributed by atoms with Gasteiger partial charge in [0.25, 0.3) is 0 Å². The molecule has 1 fully saturated rings. The quantitative estimate of drug-likeness (QED) is 0.842. The molecule has 0 saturated carbocycles. The Kier molecular flexibility index (Phi) is 5.58. The number of hydrogen-bond donors (Lipinski definition) is 1. The molecule has 0 aliphatic carbocycles. The van der Waals surface area contributed by atoms with Crippen LogP contribution in [0.4, 0.5) is 5.69 Å². The van der Waals surface area contributed by atoms with Crippen LogP contribution >= 0.6 is 11.8 Å². The van der Waals surface area contributed by atoms with E-state index in [4.69, 9.17) is 0 Å². The number of benzene rings is 1. The first kappa shape index (κ1) is 14.9. The summed E-state index contributed by atoms with van der Waals surface area (Å²) in [6.07, 6.45) is 6.44. The number of nitrogens with zero attached hydrogens (tertiary/aromatic N) is 2.